The number of carbonyl (C=O) groups excluding carboxylic acids is 1. The Morgan fingerprint density at radius 3 is 2.34 bits per heavy atom. The molecule has 0 saturated carbocycles. The second-order valence-electron chi connectivity index (χ2n) is 7.85. The number of carbonyl (C=O) groups is 1. The van der Waals surface area contributed by atoms with E-state index in [-0.39, 0.29) is 11.4 Å². The lowest BCUT2D eigenvalue weighted by Gasteiger charge is -2.25. The predicted molar refractivity (Wildman–Crippen MR) is 120 cm³/mol. The van der Waals surface area contributed by atoms with Crippen molar-refractivity contribution < 1.29 is 30.8 Å². The molecule has 7 nitrogen and oxygen atoms in total. The van der Waals surface area contributed by atoms with Gasteiger partial charge in [0.05, 0.1) is 34.9 Å². The second kappa shape index (κ2) is 10.5. The minimum Gasteiger partial charge on any atom is -0.349 e. The van der Waals surface area contributed by atoms with E-state index in [0.29, 0.717) is 17.0 Å². The molecule has 0 fully saturated rings. The van der Waals surface area contributed by atoms with Gasteiger partial charge in [0.2, 0.25) is 15.9 Å². The van der Waals surface area contributed by atoms with Gasteiger partial charge in [0.1, 0.15) is 12.1 Å². The van der Waals surface area contributed by atoms with Crippen molar-refractivity contribution in [1.82, 2.24) is 19.6 Å². The van der Waals surface area contributed by atoms with Gasteiger partial charge < -0.3 is 5.32 Å². The summed E-state index contributed by atoms with van der Waals surface area (Å²) in [6, 6.07) is 9.89. The van der Waals surface area contributed by atoms with Crippen LogP contribution in [0.15, 0.2) is 65.8 Å². The molecule has 0 unspecified atom stereocenters. The zero-order valence-corrected chi connectivity index (χ0v) is 19.6. The lowest BCUT2D eigenvalue weighted by Crippen LogP contribution is -2.44. The fraction of sp³-hybridized carbons (Fsp3) is 0.261. The molecule has 1 N–H and O–H groups in total. The van der Waals surface area contributed by atoms with Gasteiger partial charge in [0.15, 0.2) is 0 Å². The van der Waals surface area contributed by atoms with Crippen LogP contribution >= 0.6 is 0 Å². The first kappa shape index (κ1) is 26.2. The Kier molecular flexibility index (Phi) is 7.86. The predicted octanol–water partition coefficient (Wildman–Crippen LogP) is 4.02. The molecule has 0 atom stereocenters. The zero-order chi connectivity index (χ0) is 25.8. The Bertz CT molecular complexity index is 1300. The topological polar surface area (TPSA) is 92.3 Å². The van der Waals surface area contributed by atoms with E-state index in [2.05, 4.69) is 15.3 Å². The molecular formula is C23H22F4N4O3S. The Hall–Kier alpha value is -3.38. The van der Waals surface area contributed by atoms with E-state index in [9.17, 15) is 30.8 Å². The summed E-state index contributed by atoms with van der Waals surface area (Å²) in [5, 5.41) is 2.57. The smallest absolute Gasteiger partial charge is 0.349 e. The fourth-order valence-corrected chi connectivity index (χ4v) is 4.80. The summed E-state index contributed by atoms with van der Waals surface area (Å²) in [7, 11) is -4.13. The molecule has 35 heavy (non-hydrogen) atoms. The van der Waals surface area contributed by atoms with E-state index in [0.717, 1.165) is 28.6 Å². The molecule has 186 valence electrons. The van der Waals surface area contributed by atoms with Crippen molar-refractivity contribution in [2.45, 2.75) is 37.5 Å². The molecule has 1 heterocycles. The molecule has 0 aliphatic rings. The molecule has 0 radical (unpaired) electrons. The van der Waals surface area contributed by atoms with E-state index >= 15 is 0 Å². The van der Waals surface area contributed by atoms with Gasteiger partial charge in [0, 0.05) is 11.6 Å². The summed E-state index contributed by atoms with van der Waals surface area (Å²) in [6.45, 7) is 2.60. The van der Waals surface area contributed by atoms with Crippen LogP contribution in [0, 0.1) is 5.82 Å². The largest absolute Gasteiger partial charge is 0.416 e. The number of hydrogen-bond acceptors (Lipinski definition) is 5. The van der Waals surface area contributed by atoms with Gasteiger partial charge in [-0.3, -0.25) is 4.79 Å². The van der Waals surface area contributed by atoms with Gasteiger partial charge in [-0.15, -0.1) is 0 Å². The number of halogens is 4. The normalized spacial score (nSPS) is 12.2. The van der Waals surface area contributed by atoms with Crippen molar-refractivity contribution in [3.05, 3.63) is 78.0 Å². The van der Waals surface area contributed by atoms with Crippen molar-refractivity contribution in [2.75, 3.05) is 6.54 Å². The zero-order valence-electron chi connectivity index (χ0n) is 18.8. The number of rotatable bonds is 8. The van der Waals surface area contributed by atoms with Crippen molar-refractivity contribution in [2.24, 2.45) is 0 Å². The third kappa shape index (κ3) is 6.61. The van der Waals surface area contributed by atoms with Crippen molar-refractivity contribution in [3.63, 3.8) is 0 Å². The third-order valence-corrected chi connectivity index (χ3v) is 6.99. The number of amides is 1. The van der Waals surface area contributed by atoms with Gasteiger partial charge in [-0.05, 0) is 50.2 Å². The van der Waals surface area contributed by atoms with Crippen LogP contribution in [-0.2, 0) is 27.5 Å². The fourth-order valence-electron chi connectivity index (χ4n) is 3.18. The molecule has 2 aromatic carbocycles. The number of sulfonamides is 1. The SMILES string of the molecule is CC(C)N(CC(=O)NCc1cc(-c2ccc(C(F)(F)F)cc2)ncn1)S(=O)(=O)c1cccc(F)c1. The van der Waals surface area contributed by atoms with Gasteiger partial charge in [-0.25, -0.2) is 22.8 Å². The molecule has 0 spiro atoms. The highest BCUT2D eigenvalue weighted by Gasteiger charge is 2.30. The average molecular weight is 511 g/mol. The van der Waals surface area contributed by atoms with Crippen LogP contribution in [0.2, 0.25) is 0 Å². The van der Waals surface area contributed by atoms with Gasteiger partial charge in [-0.2, -0.15) is 17.5 Å². The number of benzene rings is 2. The lowest BCUT2D eigenvalue weighted by molar-refractivity contribution is -0.137. The third-order valence-electron chi connectivity index (χ3n) is 4.98. The highest BCUT2D eigenvalue weighted by molar-refractivity contribution is 7.89. The first-order chi connectivity index (χ1) is 16.4. The van der Waals surface area contributed by atoms with Gasteiger partial charge >= 0.3 is 6.18 Å². The Balaban J connectivity index is 1.69. The van der Waals surface area contributed by atoms with Crippen LogP contribution in [0.3, 0.4) is 0 Å². The van der Waals surface area contributed by atoms with Crippen LogP contribution in [0.25, 0.3) is 11.3 Å². The molecule has 0 saturated heterocycles. The number of alkyl halides is 3. The van der Waals surface area contributed by atoms with Crippen LogP contribution in [-0.4, -0.2) is 41.2 Å². The monoisotopic (exact) mass is 510 g/mol. The first-order valence-electron chi connectivity index (χ1n) is 10.4. The summed E-state index contributed by atoms with van der Waals surface area (Å²) in [5.74, 6) is -1.33. The van der Waals surface area contributed by atoms with Crippen LogP contribution in [0.4, 0.5) is 17.6 Å². The minimum absolute atomic E-state index is 0.0685. The summed E-state index contributed by atoms with van der Waals surface area (Å²) in [6.07, 6.45) is -3.24. The molecule has 12 heteroatoms. The van der Waals surface area contributed by atoms with Crippen LogP contribution < -0.4 is 5.32 Å². The molecular weight excluding hydrogens is 488 g/mol. The maximum atomic E-state index is 13.5. The number of aromatic nitrogens is 2. The number of hydrogen-bond donors (Lipinski definition) is 1. The minimum atomic E-state index is -4.45. The van der Waals surface area contributed by atoms with Crippen molar-refractivity contribution >= 4 is 15.9 Å². The van der Waals surface area contributed by atoms with E-state index < -0.39 is 46.1 Å². The molecule has 0 aliphatic carbocycles. The number of nitrogens with one attached hydrogen (secondary N) is 1. The molecule has 1 amide bonds. The first-order valence-corrected chi connectivity index (χ1v) is 11.8. The quantitative estimate of drug-likeness (QED) is 0.463. The average Bonchev–Trinajstić information content (AvgIpc) is 2.80. The van der Waals surface area contributed by atoms with E-state index in [1.165, 1.54) is 36.7 Å². The second-order valence-corrected chi connectivity index (χ2v) is 9.74. The van der Waals surface area contributed by atoms with Crippen molar-refractivity contribution in [3.8, 4) is 11.3 Å². The highest BCUT2D eigenvalue weighted by Crippen LogP contribution is 2.30. The summed E-state index contributed by atoms with van der Waals surface area (Å²) in [4.78, 5) is 20.3. The Morgan fingerprint density at radius 2 is 1.74 bits per heavy atom. The highest BCUT2D eigenvalue weighted by atomic mass is 32.2. The Morgan fingerprint density at radius 1 is 1.06 bits per heavy atom. The maximum absolute atomic E-state index is 13.5. The standard InChI is InChI=1S/C23H22F4N4O3S/c1-15(2)31(35(33,34)20-5-3-4-18(24)10-20)13-22(32)28-12-19-11-21(30-14-29-19)16-6-8-17(9-7-16)23(25,26)27/h3-11,14-15H,12-13H2,1-2H3,(H,28,32). The van der Waals surface area contributed by atoms with Gasteiger partial charge in [-0.1, -0.05) is 18.2 Å². The summed E-state index contributed by atoms with van der Waals surface area (Å²) < 4.78 is 78.6. The maximum Gasteiger partial charge on any atom is 0.416 e. The molecule has 1 aromatic heterocycles. The lowest BCUT2D eigenvalue weighted by atomic mass is 10.1. The Labute approximate surface area is 199 Å². The number of nitrogens with zero attached hydrogens (tertiary/aromatic N) is 3. The molecule has 0 aliphatic heterocycles. The van der Waals surface area contributed by atoms with Crippen molar-refractivity contribution in [1.29, 1.82) is 0 Å². The molecule has 0 bridgehead atoms. The summed E-state index contributed by atoms with van der Waals surface area (Å²) in [5.41, 5.74) is 0.369. The molecule has 3 rings (SSSR count). The van der Waals surface area contributed by atoms with E-state index in [4.69, 9.17) is 0 Å². The summed E-state index contributed by atoms with van der Waals surface area (Å²) >= 11 is 0. The van der Waals surface area contributed by atoms with E-state index in [1.807, 2.05) is 0 Å². The van der Waals surface area contributed by atoms with Gasteiger partial charge in [0.25, 0.3) is 0 Å². The van der Waals surface area contributed by atoms with E-state index in [1.54, 1.807) is 13.8 Å². The van der Waals surface area contributed by atoms with Crippen LogP contribution in [0.5, 0.6) is 0 Å². The molecule has 3 aromatic rings. The van der Waals surface area contributed by atoms with Crippen LogP contribution in [0.1, 0.15) is 25.1 Å².